The Bertz CT molecular complexity index is 1290. The van der Waals surface area contributed by atoms with Crippen molar-refractivity contribution in [1.29, 1.82) is 0 Å². The number of carboxylic acids is 1. The molecule has 1 N–H and O–H groups in total. The molecule has 326 valence electrons. The van der Waals surface area contributed by atoms with Crippen LogP contribution in [0.4, 0.5) is 0 Å². The quantitative estimate of drug-likeness (QED) is 0.0218. The Morgan fingerprint density at radius 1 is 0.534 bits per heavy atom. The van der Waals surface area contributed by atoms with E-state index in [0.29, 0.717) is 11.0 Å². The van der Waals surface area contributed by atoms with E-state index in [2.05, 4.69) is 128 Å². The lowest BCUT2D eigenvalue weighted by molar-refractivity contribution is -0.870. The van der Waals surface area contributed by atoms with Crippen molar-refractivity contribution < 1.29 is 38.5 Å². The Balaban J connectivity index is 3.67. The first kappa shape index (κ1) is 54.2. The number of nitrogens with zero attached hydrogens (tertiary/aromatic N) is 1. The lowest BCUT2D eigenvalue weighted by Crippen LogP contribution is -2.44. The molecular weight excluding hydrogens is 727 g/mol. The number of quaternary nitrogens is 1. The number of rotatable bonds is 38. The summed E-state index contributed by atoms with van der Waals surface area (Å²) in [6.45, 7) is 2.30. The zero-order chi connectivity index (χ0) is 42.6. The number of carbonyl (C=O) groups excluding carboxylic acids is 2. The maximum atomic E-state index is 12.0. The van der Waals surface area contributed by atoms with E-state index in [9.17, 15) is 19.8 Å². The number of carbonyl (C=O) groups is 2. The molecule has 0 aliphatic carbocycles. The second kappa shape index (κ2) is 41.3. The summed E-state index contributed by atoms with van der Waals surface area (Å²) < 4.78 is 16.0. The Labute approximate surface area is 353 Å². The number of carboxylic acid groups (broad SMARTS) is 1. The molecule has 0 bridgehead atoms. The first-order valence-corrected chi connectivity index (χ1v) is 21.7. The van der Waals surface area contributed by atoms with Gasteiger partial charge in [-0.1, -0.05) is 154 Å². The van der Waals surface area contributed by atoms with E-state index in [1.165, 1.54) is 6.42 Å². The molecule has 0 aliphatic heterocycles. The third-order valence-electron chi connectivity index (χ3n) is 8.45. The van der Waals surface area contributed by atoms with Gasteiger partial charge in [0, 0.05) is 6.42 Å². The van der Waals surface area contributed by atoms with Crippen molar-refractivity contribution in [3.8, 4) is 0 Å². The van der Waals surface area contributed by atoms with Crippen LogP contribution in [-0.4, -0.2) is 81.4 Å². The van der Waals surface area contributed by atoms with Gasteiger partial charge < -0.3 is 33.7 Å². The number of hydrogen-bond acceptors (Lipinski definition) is 7. The summed E-state index contributed by atoms with van der Waals surface area (Å²) in [6, 6.07) is 0. The number of allylic oxidation sites excluding steroid dienone is 20. The summed E-state index contributed by atoms with van der Waals surface area (Å²) in [5.74, 6) is -1.90. The van der Waals surface area contributed by atoms with Crippen molar-refractivity contribution in [3.05, 3.63) is 122 Å². The largest absolute Gasteiger partial charge is 0.545 e. The molecule has 0 saturated carbocycles. The van der Waals surface area contributed by atoms with Crippen LogP contribution in [0.25, 0.3) is 0 Å². The molecule has 0 amide bonds. The van der Waals surface area contributed by atoms with Gasteiger partial charge in [-0.25, -0.2) is 0 Å². The third kappa shape index (κ3) is 43.3. The molecule has 0 aliphatic rings. The van der Waals surface area contributed by atoms with Gasteiger partial charge in [-0.05, 0) is 83.5 Å². The Kier molecular flexibility index (Phi) is 38.6. The van der Waals surface area contributed by atoms with Crippen LogP contribution in [0.1, 0.15) is 122 Å². The van der Waals surface area contributed by atoms with E-state index < -0.39 is 18.4 Å². The maximum absolute atomic E-state index is 12.0. The molecular formula is C50H79NO7. The monoisotopic (exact) mass is 806 g/mol. The zero-order valence-corrected chi connectivity index (χ0v) is 36.6. The molecule has 0 saturated heterocycles. The van der Waals surface area contributed by atoms with Gasteiger partial charge in [0.2, 0.25) is 0 Å². The molecule has 0 spiro atoms. The lowest BCUT2D eigenvalue weighted by Gasteiger charge is -2.26. The predicted octanol–water partition coefficient (Wildman–Crippen LogP) is 10.3. The Morgan fingerprint density at radius 3 is 1.31 bits per heavy atom. The number of ether oxygens (including phenoxy) is 3. The zero-order valence-electron chi connectivity index (χ0n) is 36.6. The smallest absolute Gasteiger partial charge is 0.305 e. The van der Waals surface area contributed by atoms with E-state index >= 15 is 0 Å². The van der Waals surface area contributed by atoms with Crippen LogP contribution < -0.4 is 5.11 Å². The molecule has 2 atom stereocenters. The van der Waals surface area contributed by atoms with Crippen molar-refractivity contribution in [3.63, 3.8) is 0 Å². The van der Waals surface area contributed by atoms with Gasteiger partial charge >= 0.3 is 5.97 Å². The maximum Gasteiger partial charge on any atom is 0.305 e. The van der Waals surface area contributed by atoms with E-state index in [1.807, 2.05) is 21.1 Å². The van der Waals surface area contributed by atoms with Gasteiger partial charge in [0.1, 0.15) is 19.3 Å². The number of aliphatic carboxylic acids is 1. The number of hydrogen-bond donors (Lipinski definition) is 1. The van der Waals surface area contributed by atoms with Gasteiger partial charge in [-0.15, -0.1) is 0 Å². The fourth-order valence-electron chi connectivity index (χ4n) is 5.09. The minimum atomic E-state index is -1.58. The van der Waals surface area contributed by atoms with Gasteiger partial charge in [-0.2, -0.15) is 0 Å². The van der Waals surface area contributed by atoms with Crippen molar-refractivity contribution in [2.24, 2.45) is 0 Å². The molecule has 0 aromatic rings. The first-order chi connectivity index (χ1) is 28.2. The van der Waals surface area contributed by atoms with Gasteiger partial charge in [0.15, 0.2) is 6.29 Å². The van der Waals surface area contributed by atoms with Gasteiger partial charge in [0.05, 0.1) is 40.3 Å². The summed E-state index contributed by atoms with van der Waals surface area (Å²) in [7, 11) is 5.86. The molecule has 58 heavy (non-hydrogen) atoms. The fourth-order valence-corrected chi connectivity index (χ4v) is 5.09. The summed E-state index contributed by atoms with van der Waals surface area (Å²) in [6.07, 6.45) is 59.4. The van der Waals surface area contributed by atoms with Crippen LogP contribution in [0.2, 0.25) is 0 Å². The van der Waals surface area contributed by atoms with E-state index in [4.69, 9.17) is 14.2 Å². The summed E-state index contributed by atoms with van der Waals surface area (Å²) in [5.41, 5.74) is 0. The number of aliphatic hydroxyl groups excluding tert-OH is 1. The normalized spacial score (nSPS) is 14.3. The molecule has 0 fully saturated rings. The Hall–Kier alpha value is -3.82. The molecule has 0 radical (unpaired) electrons. The first-order valence-electron chi connectivity index (χ1n) is 21.7. The van der Waals surface area contributed by atoms with Crippen LogP contribution >= 0.6 is 0 Å². The van der Waals surface area contributed by atoms with E-state index in [1.54, 1.807) is 0 Å². The highest BCUT2D eigenvalue weighted by Gasteiger charge is 2.17. The summed E-state index contributed by atoms with van der Waals surface area (Å²) in [5, 5.41) is 21.2. The van der Waals surface area contributed by atoms with Crippen LogP contribution in [0.5, 0.6) is 0 Å². The molecule has 0 heterocycles. The minimum Gasteiger partial charge on any atom is -0.545 e. The van der Waals surface area contributed by atoms with Crippen LogP contribution in [0.15, 0.2) is 122 Å². The summed E-state index contributed by atoms with van der Waals surface area (Å²) >= 11 is 0. The van der Waals surface area contributed by atoms with Crippen molar-refractivity contribution in [2.45, 2.75) is 135 Å². The second-order valence-corrected chi connectivity index (χ2v) is 15.1. The van der Waals surface area contributed by atoms with Crippen molar-refractivity contribution in [2.75, 3.05) is 47.5 Å². The van der Waals surface area contributed by atoms with E-state index in [-0.39, 0.29) is 32.2 Å². The van der Waals surface area contributed by atoms with Gasteiger partial charge in [-0.3, -0.25) is 4.79 Å². The van der Waals surface area contributed by atoms with Crippen LogP contribution in [-0.2, 0) is 23.8 Å². The third-order valence-corrected chi connectivity index (χ3v) is 8.45. The average Bonchev–Trinajstić information content (AvgIpc) is 3.19. The molecule has 0 aromatic heterocycles. The summed E-state index contributed by atoms with van der Waals surface area (Å²) in [4.78, 5) is 23.2. The van der Waals surface area contributed by atoms with E-state index in [0.717, 1.165) is 103 Å². The highest BCUT2D eigenvalue weighted by atomic mass is 16.7. The molecule has 8 nitrogen and oxygen atoms in total. The Morgan fingerprint density at radius 2 is 0.914 bits per heavy atom. The molecule has 0 rings (SSSR count). The van der Waals surface area contributed by atoms with Crippen molar-refractivity contribution >= 4 is 11.9 Å². The number of likely N-dealkylation sites (N-methyl/N-ethyl adjacent to an activating group) is 1. The SMILES string of the molecule is CC/C=C\C/C=C\C/C=C\C/C=C\C/C=C\C/C=C\C/C=C\C/C=C\C/C=C\C/C=C\CCCCCCCCC(=O)OCC(O)COC(OCC[N+](C)(C)C)C(=O)[O-]. The topological polar surface area (TPSA) is 105 Å². The van der Waals surface area contributed by atoms with Crippen molar-refractivity contribution in [1.82, 2.24) is 0 Å². The number of unbranched alkanes of at least 4 members (excludes halogenated alkanes) is 6. The lowest BCUT2D eigenvalue weighted by atomic mass is 10.1. The molecule has 2 unspecified atom stereocenters. The second-order valence-electron chi connectivity index (χ2n) is 15.1. The molecule has 8 heteroatoms. The highest BCUT2D eigenvalue weighted by Crippen LogP contribution is 2.10. The minimum absolute atomic E-state index is 0.161. The highest BCUT2D eigenvalue weighted by molar-refractivity contribution is 5.69. The van der Waals surface area contributed by atoms with Crippen LogP contribution in [0, 0.1) is 0 Å². The van der Waals surface area contributed by atoms with Gasteiger partial charge in [0.25, 0.3) is 0 Å². The predicted molar refractivity (Wildman–Crippen MR) is 241 cm³/mol. The number of aliphatic hydroxyl groups is 1. The average molecular weight is 806 g/mol. The standard InChI is InChI=1S/C50H79NO7/c1-5-6-7-8-9-10-11-12-13-14-15-16-17-18-19-20-21-22-23-24-25-26-27-28-29-30-31-32-33-34-35-36-37-38-39-40-41-42-48(53)57-45-47(52)46-58-50(49(54)55)56-44-43-51(2,3)4/h6-7,9-10,12-13,15-16,18-19,21-22,24-25,27-28,30-31,33-34,47,50,52H,5,8,11,14,17,20,23,26,29,32,35-46H2,1-4H3/b7-6-,10-9-,13-12-,16-15-,19-18-,22-21-,25-24-,28-27-,31-30-,34-33-. The fraction of sp³-hybridized carbons (Fsp3) is 0.560. The number of esters is 1. The van der Waals surface area contributed by atoms with Crippen LogP contribution in [0.3, 0.4) is 0 Å². The molecule has 0 aromatic carbocycles.